The number of benzene rings is 1. The molecule has 1 aliphatic heterocycles. The highest BCUT2D eigenvalue weighted by Gasteiger charge is 2.13. The monoisotopic (exact) mass is 502 g/mol. The van der Waals surface area contributed by atoms with Gasteiger partial charge in [0, 0.05) is 38.8 Å². The van der Waals surface area contributed by atoms with Gasteiger partial charge in [0.1, 0.15) is 18.2 Å². The molecule has 1 aliphatic rings. The minimum absolute atomic E-state index is 0.210. The van der Waals surface area contributed by atoms with Gasteiger partial charge in [0.2, 0.25) is 5.88 Å². The molecule has 2 heterocycles. The second-order valence-electron chi connectivity index (χ2n) is 7.63. The summed E-state index contributed by atoms with van der Waals surface area (Å²) in [5.74, 6) is 2.08. The summed E-state index contributed by atoms with van der Waals surface area (Å²) in [5, 5.41) is 13.7. The normalized spacial score (nSPS) is 13.3. The Labute approximate surface area is 217 Å². The van der Waals surface area contributed by atoms with Gasteiger partial charge in [-0.05, 0) is 37.1 Å². The Morgan fingerprint density at radius 3 is 2.31 bits per heavy atom. The van der Waals surface area contributed by atoms with Gasteiger partial charge >= 0.3 is 0 Å². The van der Waals surface area contributed by atoms with Crippen LogP contribution in [-0.4, -0.2) is 78.7 Å². The molecule has 9 nitrogen and oxygen atoms in total. The standard InChI is InChI=1S/C23H34N6O3.2C2H6/c1-3-9-29(10-4-2)22-17-23(32-16-13-28-11-14-31-15-12-28)26-21(25-22)18-24-27-19-5-7-20(30)8-6-19;2*1-2/h5-8,17-18,27,30H,3-4,9-16H2,1-2H3;2*1-2H3/b24-18+;;. The minimum Gasteiger partial charge on any atom is -0.508 e. The lowest BCUT2D eigenvalue weighted by molar-refractivity contribution is 0.0320. The molecular weight excluding hydrogens is 456 g/mol. The van der Waals surface area contributed by atoms with Crippen LogP contribution in [0.4, 0.5) is 11.5 Å². The van der Waals surface area contributed by atoms with Crippen LogP contribution in [0.25, 0.3) is 0 Å². The Kier molecular flexibility index (Phi) is 16.7. The third-order valence-corrected chi connectivity index (χ3v) is 5.02. The smallest absolute Gasteiger partial charge is 0.219 e. The molecule has 2 aromatic rings. The molecule has 1 aromatic heterocycles. The summed E-state index contributed by atoms with van der Waals surface area (Å²) in [6, 6.07) is 8.60. The molecular formula is C27H46N6O3. The highest BCUT2D eigenvalue weighted by Crippen LogP contribution is 2.19. The van der Waals surface area contributed by atoms with E-state index in [9.17, 15) is 5.11 Å². The number of nitrogens with one attached hydrogen (secondary N) is 1. The number of morpholine rings is 1. The number of anilines is 2. The van der Waals surface area contributed by atoms with Crippen molar-refractivity contribution in [3.05, 3.63) is 36.2 Å². The number of hydrazone groups is 1. The molecule has 0 radical (unpaired) electrons. The van der Waals surface area contributed by atoms with Crippen molar-refractivity contribution in [3.8, 4) is 11.6 Å². The summed E-state index contributed by atoms with van der Waals surface area (Å²) in [4.78, 5) is 13.8. The maximum absolute atomic E-state index is 9.40. The highest BCUT2D eigenvalue weighted by atomic mass is 16.5. The van der Waals surface area contributed by atoms with Crippen LogP contribution in [0.2, 0.25) is 0 Å². The van der Waals surface area contributed by atoms with Crippen LogP contribution in [0.15, 0.2) is 35.4 Å². The molecule has 9 heteroatoms. The third-order valence-electron chi connectivity index (χ3n) is 5.02. The summed E-state index contributed by atoms with van der Waals surface area (Å²) in [6.45, 7) is 19.0. The fourth-order valence-electron chi connectivity index (χ4n) is 3.41. The van der Waals surface area contributed by atoms with E-state index in [2.05, 4.69) is 39.2 Å². The summed E-state index contributed by atoms with van der Waals surface area (Å²) >= 11 is 0. The molecule has 0 atom stereocenters. The Morgan fingerprint density at radius 1 is 1.06 bits per heavy atom. The minimum atomic E-state index is 0.210. The molecule has 0 bridgehead atoms. The van der Waals surface area contributed by atoms with Crippen LogP contribution in [0.5, 0.6) is 11.6 Å². The van der Waals surface area contributed by atoms with Gasteiger partial charge in [-0.3, -0.25) is 10.3 Å². The number of rotatable bonds is 12. The Morgan fingerprint density at radius 2 is 1.69 bits per heavy atom. The average Bonchev–Trinajstić information content (AvgIpc) is 2.92. The Balaban J connectivity index is 0.00000154. The van der Waals surface area contributed by atoms with Crippen molar-refractivity contribution < 1.29 is 14.6 Å². The first-order valence-electron chi connectivity index (χ1n) is 13.3. The largest absolute Gasteiger partial charge is 0.508 e. The first-order chi connectivity index (χ1) is 17.7. The lowest BCUT2D eigenvalue weighted by Gasteiger charge is -2.26. The maximum atomic E-state index is 9.40. The number of nitrogens with zero attached hydrogens (tertiary/aromatic N) is 5. The van der Waals surface area contributed by atoms with E-state index in [0.29, 0.717) is 18.3 Å². The van der Waals surface area contributed by atoms with Gasteiger partial charge in [0.25, 0.3) is 0 Å². The van der Waals surface area contributed by atoms with Gasteiger partial charge in [-0.25, -0.2) is 4.98 Å². The molecule has 0 aliphatic carbocycles. The van der Waals surface area contributed by atoms with E-state index in [1.54, 1.807) is 30.5 Å². The molecule has 0 spiro atoms. The fourth-order valence-corrected chi connectivity index (χ4v) is 3.41. The predicted molar refractivity (Wildman–Crippen MR) is 150 cm³/mol. The van der Waals surface area contributed by atoms with Crippen LogP contribution in [-0.2, 0) is 4.74 Å². The Hall–Kier alpha value is -2.91. The number of aromatic nitrogens is 2. The SMILES string of the molecule is CC.CC.CCCN(CCC)c1cc(OCCN2CCOCC2)nc(/C=N/Nc2ccc(O)cc2)n1. The molecule has 2 N–H and O–H groups in total. The van der Waals surface area contributed by atoms with Crippen LogP contribution in [0, 0.1) is 0 Å². The van der Waals surface area contributed by atoms with Crippen molar-refractivity contribution in [2.75, 3.05) is 62.9 Å². The summed E-state index contributed by atoms with van der Waals surface area (Å²) in [6.07, 6.45) is 3.65. The number of hydrogen-bond acceptors (Lipinski definition) is 9. The van der Waals surface area contributed by atoms with Gasteiger partial charge in [-0.15, -0.1) is 0 Å². The quantitative estimate of drug-likeness (QED) is 0.237. The highest BCUT2D eigenvalue weighted by molar-refractivity contribution is 5.76. The van der Waals surface area contributed by atoms with E-state index in [4.69, 9.17) is 14.5 Å². The van der Waals surface area contributed by atoms with Crippen LogP contribution in [0.3, 0.4) is 0 Å². The lowest BCUT2D eigenvalue weighted by atomic mass is 10.3. The fraction of sp³-hybridized carbons (Fsp3) is 0.593. The van der Waals surface area contributed by atoms with Crippen LogP contribution >= 0.6 is 0 Å². The van der Waals surface area contributed by atoms with Gasteiger partial charge in [-0.1, -0.05) is 41.5 Å². The van der Waals surface area contributed by atoms with Crippen LogP contribution < -0.4 is 15.1 Å². The summed E-state index contributed by atoms with van der Waals surface area (Å²) < 4.78 is 11.4. The van der Waals surface area contributed by atoms with E-state index < -0.39 is 0 Å². The van der Waals surface area contributed by atoms with Crippen molar-refractivity contribution in [1.82, 2.24) is 14.9 Å². The lowest BCUT2D eigenvalue weighted by Crippen LogP contribution is -2.38. The Bertz CT molecular complexity index is 836. The third kappa shape index (κ3) is 11.7. The van der Waals surface area contributed by atoms with Crippen molar-refractivity contribution in [2.45, 2.75) is 54.4 Å². The summed E-state index contributed by atoms with van der Waals surface area (Å²) in [7, 11) is 0. The predicted octanol–water partition coefficient (Wildman–Crippen LogP) is 5.02. The van der Waals surface area contributed by atoms with Crippen molar-refractivity contribution in [2.24, 2.45) is 5.10 Å². The molecule has 1 saturated heterocycles. The molecule has 0 unspecified atom stereocenters. The molecule has 0 amide bonds. The zero-order valence-electron chi connectivity index (χ0n) is 23.0. The van der Waals surface area contributed by atoms with Crippen molar-refractivity contribution >= 4 is 17.7 Å². The average molecular weight is 503 g/mol. The zero-order valence-corrected chi connectivity index (χ0v) is 23.0. The second-order valence-corrected chi connectivity index (χ2v) is 7.63. The van der Waals surface area contributed by atoms with E-state index in [0.717, 1.165) is 70.3 Å². The van der Waals surface area contributed by atoms with Gasteiger partial charge in [0.15, 0.2) is 5.82 Å². The summed E-state index contributed by atoms with van der Waals surface area (Å²) in [5.41, 5.74) is 3.69. The molecule has 3 rings (SSSR count). The topological polar surface area (TPSA) is 95.3 Å². The first-order valence-corrected chi connectivity index (χ1v) is 13.3. The van der Waals surface area contributed by atoms with E-state index >= 15 is 0 Å². The van der Waals surface area contributed by atoms with Gasteiger partial charge in [0.05, 0.1) is 25.1 Å². The number of hydrogen-bond donors (Lipinski definition) is 2. The number of phenolic OH excluding ortho intramolecular Hbond substituents is 1. The van der Waals surface area contributed by atoms with E-state index in [1.165, 1.54) is 0 Å². The maximum Gasteiger partial charge on any atom is 0.219 e. The number of aromatic hydroxyl groups is 1. The molecule has 0 saturated carbocycles. The molecule has 202 valence electrons. The molecule has 1 aromatic carbocycles. The molecule has 36 heavy (non-hydrogen) atoms. The van der Waals surface area contributed by atoms with Crippen molar-refractivity contribution in [3.63, 3.8) is 0 Å². The van der Waals surface area contributed by atoms with E-state index in [1.807, 2.05) is 33.8 Å². The number of ether oxygens (including phenoxy) is 2. The van der Waals surface area contributed by atoms with E-state index in [-0.39, 0.29) is 5.75 Å². The van der Waals surface area contributed by atoms with Crippen molar-refractivity contribution in [1.29, 1.82) is 0 Å². The van der Waals surface area contributed by atoms with Gasteiger partial charge in [-0.2, -0.15) is 10.1 Å². The zero-order chi connectivity index (χ0) is 26.6. The second kappa shape index (κ2) is 19.3. The first kappa shape index (κ1) is 31.1. The van der Waals surface area contributed by atoms with Crippen LogP contribution in [0.1, 0.15) is 60.2 Å². The van der Waals surface area contributed by atoms with Gasteiger partial charge < -0.3 is 19.5 Å². The number of phenols is 1. The molecule has 1 fully saturated rings.